The summed E-state index contributed by atoms with van der Waals surface area (Å²) in [6, 6.07) is 9.23. The van der Waals surface area contributed by atoms with Crippen LogP contribution in [0.15, 0.2) is 30.3 Å². The predicted molar refractivity (Wildman–Crippen MR) is 80.3 cm³/mol. The van der Waals surface area contributed by atoms with Gasteiger partial charge in [0.1, 0.15) is 6.61 Å². The molecule has 5 heteroatoms. The summed E-state index contributed by atoms with van der Waals surface area (Å²) in [7, 11) is 0. The van der Waals surface area contributed by atoms with Gasteiger partial charge in [0, 0.05) is 25.4 Å². The van der Waals surface area contributed by atoms with E-state index in [1.807, 2.05) is 30.3 Å². The van der Waals surface area contributed by atoms with Crippen molar-refractivity contribution >= 4 is 12.0 Å². The number of terminal acetylenes is 1. The summed E-state index contributed by atoms with van der Waals surface area (Å²) in [4.78, 5) is 22.9. The number of carbonyl (C=O) groups excluding carboxylic acids is 2. The van der Waals surface area contributed by atoms with Crippen molar-refractivity contribution in [3.8, 4) is 12.3 Å². The lowest BCUT2D eigenvalue weighted by molar-refractivity contribution is -0.121. The van der Waals surface area contributed by atoms with Gasteiger partial charge in [-0.1, -0.05) is 30.3 Å². The van der Waals surface area contributed by atoms with Crippen molar-refractivity contribution in [3.63, 3.8) is 0 Å². The van der Waals surface area contributed by atoms with Gasteiger partial charge in [-0.3, -0.25) is 4.79 Å². The molecule has 0 fully saturated rings. The molecule has 0 saturated heterocycles. The Morgan fingerprint density at radius 3 is 2.71 bits per heavy atom. The first-order valence-electron chi connectivity index (χ1n) is 6.79. The Morgan fingerprint density at radius 2 is 2.05 bits per heavy atom. The number of carbonyl (C=O) groups is 2. The lowest BCUT2D eigenvalue weighted by Gasteiger charge is -2.14. The average Bonchev–Trinajstić information content (AvgIpc) is 2.50. The van der Waals surface area contributed by atoms with E-state index in [0.29, 0.717) is 19.4 Å². The van der Waals surface area contributed by atoms with Crippen molar-refractivity contribution in [2.45, 2.75) is 32.4 Å². The number of amides is 2. The third kappa shape index (κ3) is 7.63. The van der Waals surface area contributed by atoms with Crippen LogP contribution in [-0.4, -0.2) is 24.6 Å². The van der Waals surface area contributed by atoms with Crippen molar-refractivity contribution in [2.75, 3.05) is 6.54 Å². The molecule has 1 unspecified atom stereocenters. The highest BCUT2D eigenvalue weighted by Crippen LogP contribution is 2.00. The zero-order valence-corrected chi connectivity index (χ0v) is 12.1. The van der Waals surface area contributed by atoms with Gasteiger partial charge >= 0.3 is 6.09 Å². The number of ether oxygens (including phenoxy) is 1. The molecule has 21 heavy (non-hydrogen) atoms. The van der Waals surface area contributed by atoms with Gasteiger partial charge < -0.3 is 15.4 Å². The quantitative estimate of drug-likeness (QED) is 0.752. The van der Waals surface area contributed by atoms with Crippen LogP contribution in [0.5, 0.6) is 0 Å². The maximum absolute atomic E-state index is 11.5. The second kappa shape index (κ2) is 9.43. The number of nitrogens with one attached hydrogen (secondary N) is 2. The third-order valence-corrected chi connectivity index (χ3v) is 2.67. The number of hydrogen-bond donors (Lipinski definition) is 2. The number of rotatable bonds is 7. The summed E-state index contributed by atoms with van der Waals surface area (Å²) < 4.78 is 5.06. The molecule has 0 heterocycles. The normalized spacial score (nSPS) is 11.0. The maximum atomic E-state index is 11.5. The van der Waals surface area contributed by atoms with Gasteiger partial charge in [0.2, 0.25) is 5.91 Å². The first kappa shape index (κ1) is 16.6. The van der Waals surface area contributed by atoms with Gasteiger partial charge in [-0.2, -0.15) is 0 Å². The third-order valence-electron chi connectivity index (χ3n) is 2.67. The largest absolute Gasteiger partial charge is 0.445 e. The van der Waals surface area contributed by atoms with Gasteiger partial charge in [-0.15, -0.1) is 12.3 Å². The molecule has 1 rings (SSSR count). The first-order chi connectivity index (χ1) is 10.1. The Balaban J connectivity index is 2.17. The van der Waals surface area contributed by atoms with Crippen LogP contribution in [0.4, 0.5) is 4.79 Å². The zero-order valence-electron chi connectivity index (χ0n) is 12.1. The van der Waals surface area contributed by atoms with Gasteiger partial charge in [-0.05, 0) is 12.5 Å². The molecule has 5 nitrogen and oxygen atoms in total. The molecule has 0 aromatic heterocycles. The molecule has 0 bridgehead atoms. The van der Waals surface area contributed by atoms with Gasteiger partial charge in [0.25, 0.3) is 0 Å². The van der Waals surface area contributed by atoms with E-state index in [0.717, 1.165) is 5.56 Å². The molecule has 1 atom stereocenters. The first-order valence-corrected chi connectivity index (χ1v) is 6.79. The fraction of sp³-hybridized carbons (Fsp3) is 0.375. The summed E-state index contributed by atoms with van der Waals surface area (Å²) in [6.45, 7) is 2.32. The molecule has 0 spiro atoms. The number of alkyl carbamates (subject to hydrolysis) is 1. The fourth-order valence-electron chi connectivity index (χ4n) is 1.59. The lowest BCUT2D eigenvalue weighted by Crippen LogP contribution is -2.41. The van der Waals surface area contributed by atoms with Crippen LogP contribution in [0.1, 0.15) is 25.3 Å². The Kier molecular flexibility index (Phi) is 7.44. The van der Waals surface area contributed by atoms with E-state index in [1.54, 1.807) is 6.92 Å². The van der Waals surface area contributed by atoms with Crippen LogP contribution in [0.2, 0.25) is 0 Å². The van der Waals surface area contributed by atoms with Crippen LogP contribution >= 0.6 is 0 Å². The van der Waals surface area contributed by atoms with E-state index in [-0.39, 0.29) is 18.6 Å². The summed E-state index contributed by atoms with van der Waals surface area (Å²) in [5.74, 6) is 2.28. The SMILES string of the molecule is C#CCCC(=O)NC(C)CNC(=O)OCc1ccccc1. The van der Waals surface area contributed by atoms with Crippen LogP contribution in [0, 0.1) is 12.3 Å². The zero-order chi connectivity index (χ0) is 15.5. The minimum atomic E-state index is -0.511. The predicted octanol–water partition coefficient (Wildman–Crippen LogP) is 1.83. The molecule has 112 valence electrons. The van der Waals surface area contributed by atoms with Crippen molar-refractivity contribution in [1.82, 2.24) is 10.6 Å². The van der Waals surface area contributed by atoms with E-state index in [9.17, 15) is 9.59 Å². The summed E-state index contributed by atoms with van der Waals surface area (Å²) in [5, 5.41) is 5.34. The molecule has 1 aromatic rings. The van der Waals surface area contributed by atoms with E-state index in [4.69, 9.17) is 11.2 Å². The molecular weight excluding hydrogens is 268 g/mol. The maximum Gasteiger partial charge on any atom is 0.407 e. The van der Waals surface area contributed by atoms with Crippen molar-refractivity contribution in [3.05, 3.63) is 35.9 Å². The minimum absolute atomic E-state index is 0.125. The van der Waals surface area contributed by atoms with Crippen molar-refractivity contribution in [1.29, 1.82) is 0 Å². The van der Waals surface area contributed by atoms with E-state index in [2.05, 4.69) is 16.6 Å². The summed E-state index contributed by atoms with van der Waals surface area (Å²) >= 11 is 0. The number of benzene rings is 1. The fourth-order valence-corrected chi connectivity index (χ4v) is 1.59. The standard InChI is InChI=1S/C16H20N2O3/c1-3-4-10-15(19)18-13(2)11-17-16(20)21-12-14-8-6-5-7-9-14/h1,5-9,13H,4,10-12H2,2H3,(H,17,20)(H,18,19). The van der Waals surface area contributed by atoms with E-state index < -0.39 is 6.09 Å². The van der Waals surface area contributed by atoms with Crippen molar-refractivity contribution < 1.29 is 14.3 Å². The average molecular weight is 288 g/mol. The second-order valence-corrected chi connectivity index (χ2v) is 4.62. The second-order valence-electron chi connectivity index (χ2n) is 4.62. The highest BCUT2D eigenvalue weighted by Gasteiger charge is 2.09. The minimum Gasteiger partial charge on any atom is -0.445 e. The lowest BCUT2D eigenvalue weighted by atomic mass is 10.2. The molecule has 0 aliphatic rings. The van der Waals surface area contributed by atoms with E-state index in [1.165, 1.54) is 0 Å². The Hall–Kier alpha value is -2.48. The molecule has 0 aliphatic heterocycles. The van der Waals surface area contributed by atoms with Gasteiger partial charge in [0.15, 0.2) is 0 Å². The monoisotopic (exact) mass is 288 g/mol. The number of hydrogen-bond acceptors (Lipinski definition) is 3. The smallest absolute Gasteiger partial charge is 0.407 e. The molecular formula is C16H20N2O3. The Morgan fingerprint density at radius 1 is 1.33 bits per heavy atom. The van der Waals surface area contributed by atoms with Crippen LogP contribution in [0.3, 0.4) is 0 Å². The molecule has 0 aliphatic carbocycles. The molecule has 1 aromatic carbocycles. The summed E-state index contributed by atoms with van der Waals surface area (Å²) in [6.07, 6.45) is 5.27. The van der Waals surface area contributed by atoms with Gasteiger partial charge in [0.05, 0.1) is 0 Å². The van der Waals surface area contributed by atoms with Gasteiger partial charge in [-0.25, -0.2) is 4.79 Å². The summed E-state index contributed by atoms with van der Waals surface area (Å²) in [5.41, 5.74) is 0.920. The Bertz CT molecular complexity index is 494. The van der Waals surface area contributed by atoms with Crippen molar-refractivity contribution in [2.24, 2.45) is 0 Å². The van der Waals surface area contributed by atoms with Crippen LogP contribution in [0.25, 0.3) is 0 Å². The Labute approximate surface area is 125 Å². The highest BCUT2D eigenvalue weighted by molar-refractivity contribution is 5.76. The van der Waals surface area contributed by atoms with Crippen LogP contribution < -0.4 is 10.6 Å². The molecule has 0 radical (unpaired) electrons. The van der Waals surface area contributed by atoms with Crippen LogP contribution in [-0.2, 0) is 16.1 Å². The highest BCUT2D eigenvalue weighted by atomic mass is 16.5. The molecule has 2 amide bonds. The molecule has 0 saturated carbocycles. The molecule has 2 N–H and O–H groups in total. The van der Waals surface area contributed by atoms with E-state index >= 15 is 0 Å². The topological polar surface area (TPSA) is 67.4 Å².